The van der Waals surface area contributed by atoms with E-state index in [4.69, 9.17) is 4.52 Å². The zero-order chi connectivity index (χ0) is 11.1. The standard InChI is InChI=1S/C10H9BrN2O2S/c11-6-3-8(16-4-6)9-12-10(15-13-9)5-1-7(14)2-5/h3-5,7,14H,1-2H2. The largest absolute Gasteiger partial charge is 0.393 e. The summed E-state index contributed by atoms with van der Waals surface area (Å²) in [4.78, 5) is 5.34. The summed E-state index contributed by atoms with van der Waals surface area (Å²) in [6.45, 7) is 0. The molecular weight excluding hydrogens is 292 g/mol. The molecule has 16 heavy (non-hydrogen) atoms. The molecule has 0 bridgehead atoms. The molecule has 4 nitrogen and oxygen atoms in total. The van der Waals surface area contributed by atoms with E-state index < -0.39 is 0 Å². The van der Waals surface area contributed by atoms with Gasteiger partial charge in [-0.3, -0.25) is 0 Å². The van der Waals surface area contributed by atoms with E-state index in [1.807, 2.05) is 11.4 Å². The summed E-state index contributed by atoms with van der Waals surface area (Å²) in [5.74, 6) is 1.51. The van der Waals surface area contributed by atoms with Gasteiger partial charge in [-0.05, 0) is 34.8 Å². The van der Waals surface area contributed by atoms with Crippen LogP contribution in [-0.4, -0.2) is 21.4 Å². The lowest BCUT2D eigenvalue weighted by atomic mass is 9.82. The predicted molar refractivity (Wildman–Crippen MR) is 63.3 cm³/mol. The predicted octanol–water partition coefficient (Wildman–Crippen LogP) is 2.80. The molecule has 0 aromatic carbocycles. The van der Waals surface area contributed by atoms with Gasteiger partial charge < -0.3 is 9.63 Å². The molecule has 6 heteroatoms. The average molecular weight is 301 g/mol. The van der Waals surface area contributed by atoms with Crippen LogP contribution in [0.5, 0.6) is 0 Å². The molecule has 0 radical (unpaired) electrons. The van der Waals surface area contributed by atoms with Crippen molar-refractivity contribution in [3.8, 4) is 10.7 Å². The van der Waals surface area contributed by atoms with Crippen LogP contribution in [0.25, 0.3) is 10.7 Å². The summed E-state index contributed by atoms with van der Waals surface area (Å²) >= 11 is 4.96. The number of hydrogen-bond donors (Lipinski definition) is 1. The van der Waals surface area contributed by atoms with Gasteiger partial charge in [0.2, 0.25) is 11.7 Å². The number of hydrogen-bond acceptors (Lipinski definition) is 5. The monoisotopic (exact) mass is 300 g/mol. The molecule has 0 aliphatic heterocycles. The zero-order valence-electron chi connectivity index (χ0n) is 8.26. The van der Waals surface area contributed by atoms with Gasteiger partial charge in [0.1, 0.15) is 0 Å². The van der Waals surface area contributed by atoms with Crippen LogP contribution in [-0.2, 0) is 0 Å². The third-order valence-electron chi connectivity index (χ3n) is 2.69. The molecule has 0 atom stereocenters. The molecule has 1 aliphatic rings. The highest BCUT2D eigenvalue weighted by Crippen LogP contribution is 2.37. The van der Waals surface area contributed by atoms with Crippen molar-refractivity contribution < 1.29 is 9.63 Å². The maximum atomic E-state index is 9.21. The quantitative estimate of drug-likeness (QED) is 0.926. The fourth-order valence-electron chi connectivity index (χ4n) is 1.72. The van der Waals surface area contributed by atoms with Crippen molar-refractivity contribution >= 4 is 27.3 Å². The number of thiophene rings is 1. The summed E-state index contributed by atoms with van der Waals surface area (Å²) in [5, 5.41) is 15.1. The molecule has 2 aromatic rings. The minimum absolute atomic E-state index is 0.198. The van der Waals surface area contributed by atoms with Crippen LogP contribution >= 0.6 is 27.3 Å². The molecule has 84 valence electrons. The number of halogens is 1. The molecule has 0 amide bonds. The smallest absolute Gasteiger partial charge is 0.230 e. The number of nitrogens with zero attached hydrogens (tertiary/aromatic N) is 2. The molecule has 3 rings (SSSR count). The maximum Gasteiger partial charge on any atom is 0.230 e. The third-order valence-corrected chi connectivity index (χ3v) is 4.38. The Morgan fingerprint density at radius 3 is 2.94 bits per heavy atom. The van der Waals surface area contributed by atoms with Crippen molar-refractivity contribution in [1.29, 1.82) is 0 Å². The lowest BCUT2D eigenvalue weighted by Crippen LogP contribution is -2.26. The topological polar surface area (TPSA) is 59.2 Å². The van der Waals surface area contributed by atoms with Crippen LogP contribution in [0.2, 0.25) is 0 Å². The number of rotatable bonds is 2. The van der Waals surface area contributed by atoms with E-state index in [9.17, 15) is 5.11 Å². The van der Waals surface area contributed by atoms with E-state index >= 15 is 0 Å². The Kier molecular flexibility index (Phi) is 2.57. The lowest BCUT2D eigenvalue weighted by molar-refractivity contribution is 0.0625. The third kappa shape index (κ3) is 1.81. The Morgan fingerprint density at radius 1 is 1.50 bits per heavy atom. The van der Waals surface area contributed by atoms with Gasteiger partial charge in [-0.25, -0.2) is 0 Å². The van der Waals surface area contributed by atoms with Crippen LogP contribution in [0.3, 0.4) is 0 Å². The van der Waals surface area contributed by atoms with E-state index in [2.05, 4.69) is 26.1 Å². The van der Waals surface area contributed by atoms with Gasteiger partial charge in [0.05, 0.1) is 11.0 Å². The second-order valence-electron chi connectivity index (χ2n) is 3.91. The Hall–Kier alpha value is -0.720. The first-order valence-corrected chi connectivity index (χ1v) is 6.65. The Balaban J connectivity index is 1.82. The first-order chi connectivity index (χ1) is 7.72. The van der Waals surface area contributed by atoms with Crippen molar-refractivity contribution in [3.63, 3.8) is 0 Å². The van der Waals surface area contributed by atoms with Gasteiger partial charge in [0.25, 0.3) is 0 Å². The number of aliphatic hydroxyl groups is 1. The molecule has 0 spiro atoms. The normalized spacial score (nSPS) is 24.4. The molecule has 2 heterocycles. The molecule has 1 N–H and O–H groups in total. The molecule has 1 fully saturated rings. The highest BCUT2D eigenvalue weighted by molar-refractivity contribution is 9.10. The summed E-state index contributed by atoms with van der Waals surface area (Å²) < 4.78 is 6.23. The van der Waals surface area contributed by atoms with Crippen LogP contribution in [0.4, 0.5) is 0 Å². The minimum Gasteiger partial charge on any atom is -0.393 e. The lowest BCUT2D eigenvalue weighted by Gasteiger charge is -2.27. The first-order valence-electron chi connectivity index (χ1n) is 4.98. The second-order valence-corrected chi connectivity index (χ2v) is 5.73. The van der Waals surface area contributed by atoms with E-state index in [0.717, 1.165) is 22.2 Å². The summed E-state index contributed by atoms with van der Waals surface area (Å²) in [6, 6.07) is 1.97. The Morgan fingerprint density at radius 2 is 2.31 bits per heavy atom. The fraction of sp³-hybridized carbons (Fsp3) is 0.400. The fourth-order valence-corrected chi connectivity index (χ4v) is 3.07. The Bertz CT molecular complexity index is 504. The van der Waals surface area contributed by atoms with Gasteiger partial charge in [0, 0.05) is 15.8 Å². The maximum absolute atomic E-state index is 9.21. The average Bonchev–Trinajstić information content (AvgIpc) is 2.81. The van der Waals surface area contributed by atoms with Gasteiger partial charge in [-0.15, -0.1) is 11.3 Å². The molecular formula is C10H9BrN2O2S. The van der Waals surface area contributed by atoms with Crippen molar-refractivity contribution in [2.45, 2.75) is 24.9 Å². The highest BCUT2D eigenvalue weighted by atomic mass is 79.9. The molecule has 2 aromatic heterocycles. The van der Waals surface area contributed by atoms with Gasteiger partial charge in [-0.2, -0.15) is 4.98 Å². The van der Waals surface area contributed by atoms with E-state index in [1.165, 1.54) is 0 Å². The van der Waals surface area contributed by atoms with Gasteiger partial charge in [-0.1, -0.05) is 5.16 Å². The van der Waals surface area contributed by atoms with Crippen LogP contribution in [0, 0.1) is 0 Å². The molecule has 0 unspecified atom stereocenters. The van der Waals surface area contributed by atoms with Gasteiger partial charge in [0.15, 0.2) is 0 Å². The van der Waals surface area contributed by atoms with Crippen LogP contribution in [0.1, 0.15) is 24.7 Å². The van der Waals surface area contributed by atoms with Crippen molar-refractivity contribution in [3.05, 3.63) is 21.8 Å². The number of aliphatic hydroxyl groups excluding tert-OH is 1. The molecule has 0 saturated heterocycles. The minimum atomic E-state index is -0.198. The second kappa shape index (κ2) is 3.94. The SMILES string of the molecule is OC1CC(c2nc(-c3cc(Br)cs3)no2)C1. The molecule has 1 saturated carbocycles. The van der Waals surface area contributed by atoms with Crippen molar-refractivity contribution in [1.82, 2.24) is 10.1 Å². The summed E-state index contributed by atoms with van der Waals surface area (Å²) in [5.41, 5.74) is 0. The zero-order valence-corrected chi connectivity index (χ0v) is 10.7. The van der Waals surface area contributed by atoms with Gasteiger partial charge >= 0.3 is 0 Å². The van der Waals surface area contributed by atoms with Crippen LogP contribution in [0.15, 0.2) is 20.4 Å². The number of aromatic nitrogens is 2. The summed E-state index contributed by atoms with van der Waals surface area (Å²) in [6.07, 6.45) is 1.27. The molecule has 1 aliphatic carbocycles. The van der Waals surface area contributed by atoms with Crippen molar-refractivity contribution in [2.24, 2.45) is 0 Å². The first kappa shape index (κ1) is 10.4. The summed E-state index contributed by atoms with van der Waals surface area (Å²) in [7, 11) is 0. The highest BCUT2D eigenvalue weighted by Gasteiger charge is 2.33. The Labute approximate surface area is 104 Å². The van der Waals surface area contributed by atoms with E-state index in [0.29, 0.717) is 11.7 Å². The van der Waals surface area contributed by atoms with E-state index in [1.54, 1.807) is 11.3 Å². The van der Waals surface area contributed by atoms with E-state index in [-0.39, 0.29) is 12.0 Å². The van der Waals surface area contributed by atoms with Crippen LogP contribution < -0.4 is 0 Å². The van der Waals surface area contributed by atoms with Crippen molar-refractivity contribution in [2.75, 3.05) is 0 Å².